The minimum Gasteiger partial charge on any atom is -0.398 e. The number of carbonyl (C=O) groups is 3. The Hall–Kier alpha value is -2.37. The lowest BCUT2D eigenvalue weighted by atomic mass is 9.86. The van der Waals surface area contributed by atoms with Crippen LogP contribution in [0.3, 0.4) is 0 Å². The van der Waals surface area contributed by atoms with Crippen LogP contribution in [0, 0.1) is 5.92 Å². The molecule has 122 valence electrons. The Morgan fingerprint density at radius 3 is 2.70 bits per heavy atom. The lowest BCUT2D eigenvalue weighted by Gasteiger charge is -2.30. The SMILES string of the molecule is C[C@H]1CCCC[C@@H]1NC(=O)CN1C(=O)c2cccc(N)c2C1=O. The van der Waals surface area contributed by atoms with Crippen molar-refractivity contribution in [3.05, 3.63) is 29.3 Å². The molecule has 0 bridgehead atoms. The molecule has 0 radical (unpaired) electrons. The second-order valence-electron chi connectivity index (χ2n) is 6.40. The van der Waals surface area contributed by atoms with Gasteiger partial charge in [0.15, 0.2) is 0 Å². The number of imide groups is 1. The van der Waals surface area contributed by atoms with Gasteiger partial charge >= 0.3 is 0 Å². The van der Waals surface area contributed by atoms with E-state index in [1.54, 1.807) is 18.2 Å². The van der Waals surface area contributed by atoms with Crippen LogP contribution in [-0.2, 0) is 4.79 Å². The van der Waals surface area contributed by atoms with Crippen LogP contribution in [0.1, 0.15) is 53.3 Å². The van der Waals surface area contributed by atoms with Crippen LogP contribution in [0.4, 0.5) is 5.69 Å². The molecule has 23 heavy (non-hydrogen) atoms. The molecule has 3 amide bonds. The number of nitrogen functional groups attached to an aromatic ring is 1. The molecule has 1 saturated carbocycles. The van der Waals surface area contributed by atoms with Gasteiger partial charge in [-0.1, -0.05) is 25.8 Å². The molecule has 1 heterocycles. The van der Waals surface area contributed by atoms with E-state index in [9.17, 15) is 14.4 Å². The van der Waals surface area contributed by atoms with Gasteiger partial charge in [0.1, 0.15) is 6.54 Å². The second kappa shape index (κ2) is 6.02. The van der Waals surface area contributed by atoms with Gasteiger partial charge in [-0.3, -0.25) is 19.3 Å². The highest BCUT2D eigenvalue weighted by atomic mass is 16.2. The summed E-state index contributed by atoms with van der Waals surface area (Å²) in [6, 6.07) is 4.90. The standard InChI is InChI=1S/C17H21N3O3/c1-10-5-2-3-8-13(10)19-14(21)9-20-16(22)11-6-4-7-12(18)15(11)17(20)23/h4,6-7,10,13H,2-3,5,8-9,18H2,1H3,(H,19,21)/t10-,13-/m0/s1. The molecule has 2 aliphatic rings. The molecule has 0 unspecified atom stereocenters. The van der Waals surface area contributed by atoms with Crippen molar-refractivity contribution in [1.29, 1.82) is 0 Å². The first kappa shape index (κ1) is 15.5. The molecule has 0 spiro atoms. The van der Waals surface area contributed by atoms with Crippen molar-refractivity contribution in [2.45, 2.75) is 38.6 Å². The van der Waals surface area contributed by atoms with Gasteiger partial charge in [-0.25, -0.2) is 0 Å². The van der Waals surface area contributed by atoms with E-state index >= 15 is 0 Å². The highest BCUT2D eigenvalue weighted by Gasteiger charge is 2.38. The zero-order valence-corrected chi connectivity index (χ0v) is 13.2. The minimum atomic E-state index is -0.491. The number of carbonyl (C=O) groups excluding carboxylic acids is 3. The van der Waals surface area contributed by atoms with Crippen LogP contribution < -0.4 is 11.1 Å². The average Bonchev–Trinajstić information content (AvgIpc) is 2.76. The number of hydrogen-bond acceptors (Lipinski definition) is 4. The molecule has 0 saturated heterocycles. The van der Waals surface area contributed by atoms with E-state index in [0.29, 0.717) is 5.92 Å². The van der Waals surface area contributed by atoms with E-state index in [-0.39, 0.29) is 35.3 Å². The van der Waals surface area contributed by atoms with E-state index in [1.807, 2.05) is 0 Å². The number of fused-ring (bicyclic) bond motifs is 1. The maximum absolute atomic E-state index is 12.4. The van der Waals surface area contributed by atoms with Crippen molar-refractivity contribution in [2.24, 2.45) is 5.92 Å². The van der Waals surface area contributed by atoms with Gasteiger partial charge in [0.2, 0.25) is 5.91 Å². The largest absolute Gasteiger partial charge is 0.398 e. The van der Waals surface area contributed by atoms with Crippen LogP contribution in [0.25, 0.3) is 0 Å². The van der Waals surface area contributed by atoms with Gasteiger partial charge in [-0.2, -0.15) is 0 Å². The highest BCUT2D eigenvalue weighted by molar-refractivity contribution is 6.24. The van der Waals surface area contributed by atoms with Crippen LogP contribution in [-0.4, -0.2) is 35.2 Å². The Balaban J connectivity index is 1.69. The maximum Gasteiger partial charge on any atom is 0.264 e. The summed E-state index contributed by atoms with van der Waals surface area (Å²) < 4.78 is 0. The van der Waals surface area contributed by atoms with E-state index in [0.717, 1.165) is 24.2 Å². The third-order valence-electron chi connectivity index (χ3n) is 4.79. The average molecular weight is 315 g/mol. The molecule has 1 aromatic rings. The normalized spacial score (nSPS) is 23.8. The molecular weight excluding hydrogens is 294 g/mol. The Morgan fingerprint density at radius 1 is 1.26 bits per heavy atom. The van der Waals surface area contributed by atoms with Crippen LogP contribution in [0.2, 0.25) is 0 Å². The summed E-state index contributed by atoms with van der Waals surface area (Å²) in [7, 11) is 0. The summed E-state index contributed by atoms with van der Waals surface area (Å²) in [4.78, 5) is 37.9. The van der Waals surface area contributed by atoms with E-state index in [1.165, 1.54) is 6.42 Å². The predicted molar refractivity (Wildman–Crippen MR) is 85.8 cm³/mol. The van der Waals surface area contributed by atoms with Crippen molar-refractivity contribution in [1.82, 2.24) is 10.2 Å². The van der Waals surface area contributed by atoms with Gasteiger partial charge < -0.3 is 11.1 Å². The molecule has 1 aliphatic carbocycles. The van der Waals surface area contributed by atoms with Gasteiger partial charge in [0.25, 0.3) is 11.8 Å². The molecule has 3 rings (SSSR count). The van der Waals surface area contributed by atoms with E-state index in [4.69, 9.17) is 5.73 Å². The summed E-state index contributed by atoms with van der Waals surface area (Å²) >= 11 is 0. The first-order valence-corrected chi connectivity index (χ1v) is 8.03. The number of amides is 3. The Kier molecular flexibility index (Phi) is 4.07. The lowest BCUT2D eigenvalue weighted by Crippen LogP contribution is -2.46. The van der Waals surface area contributed by atoms with Crippen LogP contribution in [0.15, 0.2) is 18.2 Å². The molecule has 1 aromatic carbocycles. The molecule has 1 fully saturated rings. The number of anilines is 1. The Morgan fingerprint density at radius 2 is 2.00 bits per heavy atom. The quantitative estimate of drug-likeness (QED) is 0.654. The smallest absolute Gasteiger partial charge is 0.264 e. The second-order valence-corrected chi connectivity index (χ2v) is 6.40. The molecule has 0 aromatic heterocycles. The first-order valence-electron chi connectivity index (χ1n) is 8.03. The van der Waals surface area contributed by atoms with Crippen LogP contribution >= 0.6 is 0 Å². The Labute approximate surface area is 135 Å². The van der Waals surface area contributed by atoms with Crippen molar-refractivity contribution in [2.75, 3.05) is 12.3 Å². The van der Waals surface area contributed by atoms with Crippen LogP contribution in [0.5, 0.6) is 0 Å². The Bertz CT molecular complexity index is 671. The van der Waals surface area contributed by atoms with Crippen molar-refractivity contribution < 1.29 is 14.4 Å². The summed E-state index contributed by atoms with van der Waals surface area (Å²) in [5, 5.41) is 2.96. The van der Waals surface area contributed by atoms with Crippen molar-refractivity contribution in [3.63, 3.8) is 0 Å². The summed E-state index contributed by atoms with van der Waals surface area (Å²) in [5.41, 5.74) is 6.53. The molecule has 3 N–H and O–H groups in total. The number of nitrogens with one attached hydrogen (secondary N) is 1. The fourth-order valence-electron chi connectivity index (χ4n) is 3.43. The van der Waals surface area contributed by atoms with Gasteiger partial charge in [-0.05, 0) is 30.9 Å². The number of nitrogens with two attached hydrogens (primary N) is 1. The lowest BCUT2D eigenvalue weighted by molar-refractivity contribution is -0.122. The third kappa shape index (κ3) is 2.81. The third-order valence-corrected chi connectivity index (χ3v) is 4.79. The number of rotatable bonds is 3. The topological polar surface area (TPSA) is 92.5 Å². The molecule has 6 heteroatoms. The van der Waals surface area contributed by atoms with Gasteiger partial charge in [0.05, 0.1) is 11.1 Å². The monoisotopic (exact) mass is 315 g/mol. The molecule has 1 aliphatic heterocycles. The van der Waals surface area contributed by atoms with Gasteiger partial charge in [0, 0.05) is 11.7 Å². The highest BCUT2D eigenvalue weighted by Crippen LogP contribution is 2.27. The summed E-state index contributed by atoms with van der Waals surface area (Å²) in [5.74, 6) is -0.818. The number of benzene rings is 1. The van der Waals surface area contributed by atoms with E-state index in [2.05, 4.69) is 12.2 Å². The summed E-state index contributed by atoms with van der Waals surface area (Å²) in [6.07, 6.45) is 4.32. The minimum absolute atomic E-state index is 0.122. The zero-order valence-electron chi connectivity index (χ0n) is 13.2. The fraction of sp³-hybridized carbons (Fsp3) is 0.471. The zero-order chi connectivity index (χ0) is 16.6. The predicted octanol–water partition coefficient (Wildman–Crippen LogP) is 1.56. The number of hydrogen-bond donors (Lipinski definition) is 2. The fourth-order valence-corrected chi connectivity index (χ4v) is 3.43. The molecule has 6 nitrogen and oxygen atoms in total. The maximum atomic E-state index is 12.4. The van der Waals surface area contributed by atoms with Gasteiger partial charge in [-0.15, -0.1) is 0 Å². The summed E-state index contributed by atoms with van der Waals surface area (Å²) in [6.45, 7) is 1.86. The first-order chi connectivity index (χ1) is 11.0. The molecular formula is C17H21N3O3. The molecule has 2 atom stereocenters. The van der Waals surface area contributed by atoms with Crippen molar-refractivity contribution in [3.8, 4) is 0 Å². The van der Waals surface area contributed by atoms with Crippen molar-refractivity contribution >= 4 is 23.4 Å². The number of nitrogens with zero attached hydrogens (tertiary/aromatic N) is 1. The van der Waals surface area contributed by atoms with E-state index < -0.39 is 11.8 Å².